The average Bonchev–Trinajstić information content (AvgIpc) is 2.26. The van der Waals surface area contributed by atoms with Gasteiger partial charge in [-0.25, -0.2) is 4.79 Å². The Morgan fingerprint density at radius 3 is 2.32 bits per heavy atom. The number of hydrogen-bond donors (Lipinski definition) is 1. The van der Waals surface area contributed by atoms with Gasteiger partial charge in [0.15, 0.2) is 0 Å². The average molecular weight is 263 g/mol. The smallest absolute Gasteiger partial charge is 0.412 e. The number of rotatable bonds is 3. The third-order valence-electron chi connectivity index (χ3n) is 2.67. The summed E-state index contributed by atoms with van der Waals surface area (Å²) >= 11 is 0. The van der Waals surface area contributed by atoms with Crippen molar-refractivity contribution in [3.63, 3.8) is 0 Å². The first-order chi connectivity index (χ1) is 8.70. The zero-order valence-corrected chi connectivity index (χ0v) is 12.1. The molecule has 0 radical (unpaired) electrons. The fraction of sp³-hybridized carbons (Fsp3) is 0.467. The molecule has 1 amide bonds. The molecule has 1 rings (SSSR count). The second-order valence-electron chi connectivity index (χ2n) is 5.55. The Labute approximate surface area is 114 Å². The minimum Gasteiger partial charge on any atom is -0.444 e. The van der Waals surface area contributed by atoms with E-state index in [4.69, 9.17) is 4.74 Å². The van der Waals surface area contributed by atoms with E-state index in [1.54, 1.807) is 26.8 Å². The first-order valence-corrected chi connectivity index (χ1v) is 6.30. The van der Waals surface area contributed by atoms with Crippen LogP contribution in [0.15, 0.2) is 24.3 Å². The van der Waals surface area contributed by atoms with Gasteiger partial charge in [0, 0.05) is 11.6 Å². The van der Waals surface area contributed by atoms with Crippen molar-refractivity contribution < 1.29 is 14.3 Å². The molecule has 1 atom stereocenters. The molecule has 4 nitrogen and oxygen atoms in total. The Morgan fingerprint density at radius 2 is 1.79 bits per heavy atom. The lowest BCUT2D eigenvalue weighted by Gasteiger charge is -2.21. The first-order valence-electron chi connectivity index (χ1n) is 6.30. The van der Waals surface area contributed by atoms with E-state index in [1.165, 1.54) is 6.92 Å². The standard InChI is InChI=1S/C15H21NO3/c1-10(11(2)17)12-8-6-7-9-13(12)16-14(18)19-15(3,4)5/h6-10H,1-5H3,(H,16,18). The predicted molar refractivity (Wildman–Crippen MR) is 75.4 cm³/mol. The van der Waals surface area contributed by atoms with Crippen LogP contribution in [-0.4, -0.2) is 17.5 Å². The van der Waals surface area contributed by atoms with E-state index >= 15 is 0 Å². The number of anilines is 1. The second-order valence-corrected chi connectivity index (χ2v) is 5.55. The van der Waals surface area contributed by atoms with Crippen LogP contribution in [-0.2, 0) is 9.53 Å². The molecule has 0 heterocycles. The van der Waals surface area contributed by atoms with Crippen molar-refractivity contribution >= 4 is 17.6 Å². The fourth-order valence-corrected chi connectivity index (χ4v) is 1.62. The summed E-state index contributed by atoms with van der Waals surface area (Å²) in [4.78, 5) is 23.2. The molecule has 1 aromatic rings. The third-order valence-corrected chi connectivity index (χ3v) is 2.67. The van der Waals surface area contributed by atoms with Crippen LogP contribution in [0.4, 0.5) is 10.5 Å². The molecule has 1 aromatic carbocycles. The van der Waals surface area contributed by atoms with E-state index in [0.717, 1.165) is 5.56 Å². The monoisotopic (exact) mass is 263 g/mol. The van der Waals surface area contributed by atoms with Crippen molar-refractivity contribution in [2.75, 3.05) is 5.32 Å². The van der Waals surface area contributed by atoms with Crippen LogP contribution in [0.1, 0.15) is 46.1 Å². The van der Waals surface area contributed by atoms with E-state index in [1.807, 2.05) is 25.1 Å². The number of nitrogens with one attached hydrogen (secondary N) is 1. The molecule has 104 valence electrons. The summed E-state index contributed by atoms with van der Waals surface area (Å²) in [6.07, 6.45) is -0.518. The molecule has 0 bridgehead atoms. The molecular weight excluding hydrogens is 242 g/mol. The zero-order valence-electron chi connectivity index (χ0n) is 12.1. The molecular formula is C15H21NO3. The lowest BCUT2D eigenvalue weighted by Crippen LogP contribution is -2.27. The minimum absolute atomic E-state index is 0.0541. The van der Waals surface area contributed by atoms with E-state index in [0.29, 0.717) is 5.69 Å². The van der Waals surface area contributed by atoms with Crippen LogP contribution in [0.5, 0.6) is 0 Å². The summed E-state index contributed by atoms with van der Waals surface area (Å²) in [5.41, 5.74) is 0.853. The van der Waals surface area contributed by atoms with Crippen molar-refractivity contribution in [1.82, 2.24) is 0 Å². The van der Waals surface area contributed by atoms with Crippen LogP contribution in [0.3, 0.4) is 0 Å². The predicted octanol–water partition coefficient (Wildman–Crippen LogP) is 3.73. The maximum atomic E-state index is 11.8. The van der Waals surface area contributed by atoms with Gasteiger partial charge in [0.2, 0.25) is 0 Å². The number of carbonyl (C=O) groups is 2. The van der Waals surface area contributed by atoms with Gasteiger partial charge in [-0.1, -0.05) is 25.1 Å². The van der Waals surface area contributed by atoms with Gasteiger partial charge < -0.3 is 4.74 Å². The summed E-state index contributed by atoms with van der Waals surface area (Å²) in [6, 6.07) is 7.25. The summed E-state index contributed by atoms with van der Waals surface area (Å²) in [5, 5.41) is 2.69. The van der Waals surface area contributed by atoms with E-state index in [9.17, 15) is 9.59 Å². The molecule has 0 saturated carbocycles. The number of para-hydroxylation sites is 1. The lowest BCUT2D eigenvalue weighted by atomic mass is 9.96. The summed E-state index contributed by atoms with van der Waals surface area (Å²) < 4.78 is 5.20. The van der Waals surface area contributed by atoms with E-state index in [2.05, 4.69) is 5.32 Å². The van der Waals surface area contributed by atoms with Crippen LogP contribution in [0, 0.1) is 0 Å². The number of Topliss-reactive ketones (excluding diaryl/α,β-unsaturated/α-hetero) is 1. The highest BCUT2D eigenvalue weighted by Crippen LogP contribution is 2.25. The number of ether oxygens (including phenoxy) is 1. The largest absolute Gasteiger partial charge is 0.444 e. The number of ketones is 1. The quantitative estimate of drug-likeness (QED) is 0.904. The summed E-state index contributed by atoms with van der Waals surface area (Å²) in [5.74, 6) is -0.204. The van der Waals surface area contributed by atoms with Crippen molar-refractivity contribution in [3.8, 4) is 0 Å². The van der Waals surface area contributed by atoms with Gasteiger partial charge in [0.05, 0.1) is 0 Å². The zero-order chi connectivity index (χ0) is 14.6. The number of benzene rings is 1. The summed E-state index contributed by atoms with van der Waals surface area (Å²) in [7, 11) is 0. The molecule has 19 heavy (non-hydrogen) atoms. The number of amides is 1. The molecule has 0 aliphatic heterocycles. The Morgan fingerprint density at radius 1 is 1.21 bits per heavy atom. The van der Waals surface area contributed by atoms with Gasteiger partial charge in [-0.2, -0.15) is 0 Å². The maximum absolute atomic E-state index is 11.8. The van der Waals surface area contributed by atoms with E-state index < -0.39 is 11.7 Å². The fourth-order valence-electron chi connectivity index (χ4n) is 1.62. The molecule has 0 aliphatic carbocycles. The number of carbonyl (C=O) groups excluding carboxylic acids is 2. The highest BCUT2D eigenvalue weighted by molar-refractivity contribution is 5.90. The summed E-state index contributed by atoms with van der Waals surface area (Å²) in [6.45, 7) is 8.76. The molecule has 0 aromatic heterocycles. The van der Waals surface area contributed by atoms with Gasteiger partial charge >= 0.3 is 6.09 Å². The van der Waals surface area contributed by atoms with Gasteiger partial charge in [-0.3, -0.25) is 10.1 Å². The van der Waals surface area contributed by atoms with E-state index in [-0.39, 0.29) is 11.7 Å². The topological polar surface area (TPSA) is 55.4 Å². The Kier molecular flexibility index (Phi) is 4.70. The molecule has 0 aliphatic rings. The third kappa shape index (κ3) is 4.73. The van der Waals surface area contributed by atoms with Crippen molar-refractivity contribution in [2.45, 2.75) is 46.1 Å². The molecule has 0 fully saturated rings. The van der Waals surface area contributed by atoms with Crippen molar-refractivity contribution in [2.24, 2.45) is 0 Å². The SMILES string of the molecule is CC(=O)C(C)c1ccccc1NC(=O)OC(C)(C)C. The first kappa shape index (κ1) is 15.2. The van der Waals surface area contributed by atoms with Crippen molar-refractivity contribution in [3.05, 3.63) is 29.8 Å². The lowest BCUT2D eigenvalue weighted by molar-refractivity contribution is -0.118. The maximum Gasteiger partial charge on any atom is 0.412 e. The van der Waals surface area contributed by atoms with Crippen LogP contribution >= 0.6 is 0 Å². The highest BCUT2D eigenvalue weighted by atomic mass is 16.6. The van der Waals surface area contributed by atoms with Crippen LogP contribution in [0.25, 0.3) is 0 Å². The second kappa shape index (κ2) is 5.87. The molecule has 4 heteroatoms. The number of hydrogen-bond acceptors (Lipinski definition) is 3. The van der Waals surface area contributed by atoms with Gasteiger partial charge in [-0.15, -0.1) is 0 Å². The highest BCUT2D eigenvalue weighted by Gasteiger charge is 2.19. The molecule has 1 unspecified atom stereocenters. The van der Waals surface area contributed by atoms with Gasteiger partial charge in [0.1, 0.15) is 11.4 Å². The molecule has 0 spiro atoms. The Bertz CT molecular complexity index is 475. The van der Waals surface area contributed by atoms with Gasteiger partial charge in [-0.05, 0) is 39.3 Å². The minimum atomic E-state index is -0.550. The van der Waals surface area contributed by atoms with Crippen molar-refractivity contribution in [1.29, 1.82) is 0 Å². The Balaban J connectivity index is 2.90. The van der Waals surface area contributed by atoms with Crippen LogP contribution in [0.2, 0.25) is 0 Å². The molecule has 1 N–H and O–H groups in total. The van der Waals surface area contributed by atoms with Gasteiger partial charge in [0.25, 0.3) is 0 Å². The normalized spacial score (nSPS) is 12.7. The Hall–Kier alpha value is -1.84. The molecule has 0 saturated heterocycles. The van der Waals surface area contributed by atoms with Crippen LogP contribution < -0.4 is 5.32 Å².